The molecular weight excluding hydrogens is 252 g/mol. The summed E-state index contributed by atoms with van der Waals surface area (Å²) in [4.78, 5) is 20.9. The molecule has 2 heterocycles. The summed E-state index contributed by atoms with van der Waals surface area (Å²) in [7, 11) is 0. The molecule has 0 spiro atoms. The van der Waals surface area contributed by atoms with Crippen molar-refractivity contribution in [3.05, 3.63) is 29.6 Å². The number of nitrogens with two attached hydrogens (primary N) is 1. The van der Waals surface area contributed by atoms with Crippen LogP contribution in [0.2, 0.25) is 0 Å². The third kappa shape index (κ3) is 3.35. The highest BCUT2D eigenvalue weighted by atomic mass is 16.2. The molecule has 5 nitrogen and oxygen atoms in total. The lowest BCUT2D eigenvalue weighted by atomic mass is 10.0. The van der Waals surface area contributed by atoms with E-state index in [1.165, 1.54) is 0 Å². The van der Waals surface area contributed by atoms with Gasteiger partial charge in [0, 0.05) is 50.0 Å². The molecule has 1 fully saturated rings. The Morgan fingerprint density at radius 2 is 1.95 bits per heavy atom. The number of piperazine rings is 1. The molecule has 0 unspecified atom stereocenters. The van der Waals surface area contributed by atoms with Crippen molar-refractivity contribution in [1.29, 1.82) is 0 Å². The first-order valence-corrected chi connectivity index (χ1v) is 7.11. The minimum atomic E-state index is 0.0793. The number of amides is 1. The lowest BCUT2D eigenvalue weighted by molar-refractivity contribution is 0.0451. The van der Waals surface area contributed by atoms with E-state index in [4.69, 9.17) is 5.73 Å². The van der Waals surface area contributed by atoms with Gasteiger partial charge in [-0.05, 0) is 32.9 Å². The average molecular weight is 276 g/mol. The van der Waals surface area contributed by atoms with E-state index >= 15 is 0 Å². The molecule has 110 valence electrons. The van der Waals surface area contributed by atoms with Gasteiger partial charge in [-0.15, -0.1) is 0 Å². The number of carbonyl (C=O) groups excluding carboxylic acids is 1. The van der Waals surface area contributed by atoms with Gasteiger partial charge in [0.15, 0.2) is 0 Å². The third-order valence-electron chi connectivity index (χ3n) is 3.79. The van der Waals surface area contributed by atoms with Crippen molar-refractivity contribution in [3.63, 3.8) is 0 Å². The van der Waals surface area contributed by atoms with E-state index in [1.807, 2.05) is 4.90 Å². The summed E-state index contributed by atoms with van der Waals surface area (Å²) >= 11 is 0. The van der Waals surface area contributed by atoms with Crippen LogP contribution in [0, 0.1) is 0 Å². The van der Waals surface area contributed by atoms with Crippen LogP contribution in [-0.2, 0) is 6.54 Å². The van der Waals surface area contributed by atoms with Gasteiger partial charge in [0.2, 0.25) is 0 Å². The van der Waals surface area contributed by atoms with Crippen LogP contribution in [0.4, 0.5) is 0 Å². The van der Waals surface area contributed by atoms with Crippen molar-refractivity contribution in [2.75, 3.05) is 26.2 Å². The molecule has 20 heavy (non-hydrogen) atoms. The van der Waals surface area contributed by atoms with Gasteiger partial charge in [-0.3, -0.25) is 14.7 Å². The highest BCUT2D eigenvalue weighted by molar-refractivity contribution is 5.94. The van der Waals surface area contributed by atoms with Crippen molar-refractivity contribution in [2.45, 2.75) is 32.9 Å². The van der Waals surface area contributed by atoms with Gasteiger partial charge in [-0.25, -0.2) is 0 Å². The molecule has 1 aromatic heterocycles. The number of carbonyl (C=O) groups is 1. The van der Waals surface area contributed by atoms with Crippen molar-refractivity contribution >= 4 is 5.91 Å². The smallest absolute Gasteiger partial charge is 0.254 e. The van der Waals surface area contributed by atoms with E-state index < -0.39 is 0 Å². The lowest BCUT2D eigenvalue weighted by Gasteiger charge is -2.42. The highest BCUT2D eigenvalue weighted by Crippen LogP contribution is 2.17. The molecule has 0 aliphatic carbocycles. The Morgan fingerprint density at radius 3 is 2.50 bits per heavy atom. The van der Waals surface area contributed by atoms with E-state index in [9.17, 15) is 4.79 Å². The van der Waals surface area contributed by atoms with Crippen molar-refractivity contribution in [1.82, 2.24) is 14.8 Å². The van der Waals surface area contributed by atoms with Gasteiger partial charge in [-0.2, -0.15) is 0 Å². The second kappa shape index (κ2) is 5.89. The molecule has 0 aromatic carbocycles. The zero-order chi connectivity index (χ0) is 14.8. The minimum absolute atomic E-state index is 0.0793. The lowest BCUT2D eigenvalue weighted by Crippen LogP contribution is -2.54. The maximum absolute atomic E-state index is 12.5. The summed E-state index contributed by atoms with van der Waals surface area (Å²) in [5, 5.41) is 0. The van der Waals surface area contributed by atoms with Crippen LogP contribution in [0.25, 0.3) is 0 Å². The van der Waals surface area contributed by atoms with Gasteiger partial charge >= 0.3 is 0 Å². The summed E-state index contributed by atoms with van der Waals surface area (Å²) in [6, 6.07) is 3.55. The van der Waals surface area contributed by atoms with Crippen LogP contribution in [0.15, 0.2) is 18.3 Å². The number of hydrogen-bond acceptors (Lipinski definition) is 4. The first-order valence-electron chi connectivity index (χ1n) is 7.11. The molecule has 1 amide bonds. The molecule has 1 aliphatic rings. The first-order chi connectivity index (χ1) is 9.41. The van der Waals surface area contributed by atoms with E-state index in [1.54, 1.807) is 18.3 Å². The van der Waals surface area contributed by atoms with Crippen LogP contribution >= 0.6 is 0 Å². The van der Waals surface area contributed by atoms with Crippen molar-refractivity contribution in [3.8, 4) is 0 Å². The van der Waals surface area contributed by atoms with E-state index in [0.717, 1.165) is 31.9 Å². The minimum Gasteiger partial charge on any atom is -0.336 e. The Balaban J connectivity index is 2.01. The molecule has 2 rings (SSSR count). The predicted molar refractivity (Wildman–Crippen MR) is 79.4 cm³/mol. The van der Waals surface area contributed by atoms with Crippen molar-refractivity contribution in [2.24, 2.45) is 5.73 Å². The molecule has 2 N–H and O–H groups in total. The van der Waals surface area contributed by atoms with Gasteiger partial charge in [0.25, 0.3) is 5.91 Å². The number of aromatic nitrogens is 1. The fraction of sp³-hybridized carbons (Fsp3) is 0.600. The largest absolute Gasteiger partial charge is 0.336 e. The molecule has 1 aliphatic heterocycles. The molecule has 5 heteroatoms. The second-order valence-corrected chi connectivity index (χ2v) is 6.19. The zero-order valence-corrected chi connectivity index (χ0v) is 12.6. The number of hydrogen-bond donors (Lipinski definition) is 1. The number of pyridine rings is 1. The monoisotopic (exact) mass is 276 g/mol. The van der Waals surface area contributed by atoms with Crippen molar-refractivity contribution < 1.29 is 4.79 Å². The van der Waals surface area contributed by atoms with E-state index in [2.05, 4.69) is 30.7 Å². The SMILES string of the molecule is CC(C)(C)N1CCN(C(=O)c2ccnc(CN)c2)CC1. The van der Waals surface area contributed by atoms with Crippen LogP contribution in [0.1, 0.15) is 36.8 Å². The summed E-state index contributed by atoms with van der Waals surface area (Å²) < 4.78 is 0. The molecule has 0 saturated carbocycles. The molecule has 1 aromatic rings. The molecular formula is C15H24N4O. The number of nitrogens with zero attached hydrogens (tertiary/aromatic N) is 3. The standard InChI is InChI=1S/C15H24N4O/c1-15(2,3)19-8-6-18(7-9-19)14(20)12-4-5-17-13(10-12)11-16/h4-5,10H,6-9,11,16H2,1-3H3. The van der Waals surface area contributed by atoms with Gasteiger partial charge < -0.3 is 10.6 Å². The maximum atomic E-state index is 12.5. The summed E-state index contributed by atoms with van der Waals surface area (Å²) in [5.41, 5.74) is 7.17. The molecule has 1 saturated heterocycles. The normalized spacial score (nSPS) is 17.3. The Labute approximate surface area is 120 Å². The van der Waals surface area contributed by atoms with E-state index in [-0.39, 0.29) is 11.4 Å². The average Bonchev–Trinajstić information content (AvgIpc) is 2.46. The summed E-state index contributed by atoms with van der Waals surface area (Å²) in [5.74, 6) is 0.0793. The second-order valence-electron chi connectivity index (χ2n) is 6.19. The van der Waals surface area contributed by atoms with Gasteiger partial charge in [-0.1, -0.05) is 0 Å². The van der Waals surface area contributed by atoms with Crippen LogP contribution in [0.5, 0.6) is 0 Å². The summed E-state index contributed by atoms with van der Waals surface area (Å²) in [6.07, 6.45) is 1.65. The Kier molecular flexibility index (Phi) is 4.40. The quantitative estimate of drug-likeness (QED) is 0.878. The van der Waals surface area contributed by atoms with E-state index in [0.29, 0.717) is 12.1 Å². The maximum Gasteiger partial charge on any atom is 0.254 e. The summed E-state index contributed by atoms with van der Waals surface area (Å²) in [6.45, 7) is 10.4. The molecule has 0 bridgehead atoms. The topological polar surface area (TPSA) is 62.5 Å². The number of rotatable bonds is 2. The molecule has 0 radical (unpaired) electrons. The Hall–Kier alpha value is -1.46. The Bertz CT molecular complexity index is 473. The van der Waals surface area contributed by atoms with Crippen LogP contribution in [-0.4, -0.2) is 52.4 Å². The van der Waals surface area contributed by atoms with Gasteiger partial charge in [0.1, 0.15) is 0 Å². The fourth-order valence-corrected chi connectivity index (χ4v) is 2.49. The predicted octanol–water partition coefficient (Wildman–Crippen LogP) is 1.10. The third-order valence-corrected chi connectivity index (χ3v) is 3.79. The van der Waals surface area contributed by atoms with Crippen LogP contribution < -0.4 is 5.73 Å². The van der Waals surface area contributed by atoms with Crippen LogP contribution in [0.3, 0.4) is 0 Å². The zero-order valence-electron chi connectivity index (χ0n) is 12.6. The molecule has 0 atom stereocenters. The Morgan fingerprint density at radius 1 is 1.30 bits per heavy atom. The fourth-order valence-electron chi connectivity index (χ4n) is 2.49. The highest BCUT2D eigenvalue weighted by Gasteiger charge is 2.28. The van der Waals surface area contributed by atoms with Gasteiger partial charge in [0.05, 0.1) is 5.69 Å². The first kappa shape index (κ1) is 14.9.